The second-order valence-corrected chi connectivity index (χ2v) is 10.3. The molecule has 1 saturated heterocycles. The maximum atomic E-state index is 12.9. The third kappa shape index (κ3) is 7.91. The van der Waals surface area contributed by atoms with Crippen molar-refractivity contribution in [3.63, 3.8) is 0 Å². The lowest BCUT2D eigenvalue weighted by Crippen LogP contribution is -2.46. The topological polar surface area (TPSA) is 136 Å². The van der Waals surface area contributed by atoms with Crippen LogP contribution in [0.4, 0.5) is 11.5 Å². The van der Waals surface area contributed by atoms with Crippen LogP contribution in [0.1, 0.15) is 16.8 Å². The first-order chi connectivity index (χ1) is 17.2. The number of sulfonamides is 1. The fourth-order valence-corrected chi connectivity index (χ4v) is 5.45. The summed E-state index contributed by atoms with van der Waals surface area (Å²) in [6.45, 7) is 3.52. The molecule has 0 bridgehead atoms. The Bertz CT molecular complexity index is 1460. The number of piperazine rings is 1. The molecule has 0 saturated carbocycles. The molecule has 10 nitrogen and oxygen atoms in total. The summed E-state index contributed by atoms with van der Waals surface area (Å²) < 4.78 is 33.3. The number of hydrogen-bond donors (Lipinski definition) is 2. The number of nitriles is 1. The number of carboxylic acids is 1. The fourth-order valence-electron chi connectivity index (χ4n) is 4.05. The number of anilines is 2. The van der Waals surface area contributed by atoms with Gasteiger partial charge in [-0.15, -0.1) is 37.2 Å². The highest BCUT2D eigenvalue weighted by atomic mass is 35.5. The monoisotopic (exact) mass is 637 g/mol. The van der Waals surface area contributed by atoms with Crippen molar-refractivity contribution in [2.45, 2.75) is 11.3 Å². The number of carboxylic acid groups (broad SMARTS) is 1. The van der Waals surface area contributed by atoms with Gasteiger partial charge in [-0.1, -0.05) is 11.6 Å². The highest BCUT2D eigenvalue weighted by Crippen LogP contribution is 2.30. The van der Waals surface area contributed by atoms with E-state index in [0.717, 1.165) is 13.1 Å². The van der Waals surface area contributed by atoms with E-state index in [4.69, 9.17) is 21.6 Å². The lowest BCUT2D eigenvalue weighted by Gasteiger charge is -2.35. The summed E-state index contributed by atoms with van der Waals surface area (Å²) >= 11 is 6.07. The Labute approximate surface area is 250 Å². The third-order valence-corrected chi connectivity index (χ3v) is 7.62. The predicted octanol–water partition coefficient (Wildman–Crippen LogP) is 4.70. The van der Waals surface area contributed by atoms with Crippen LogP contribution < -0.4 is 14.4 Å². The van der Waals surface area contributed by atoms with Gasteiger partial charge < -0.3 is 14.7 Å². The van der Waals surface area contributed by atoms with Gasteiger partial charge in [0.15, 0.2) is 0 Å². The van der Waals surface area contributed by atoms with Crippen molar-refractivity contribution in [1.29, 1.82) is 5.26 Å². The number of methoxy groups -OCH3 is 1. The Kier molecular flexibility index (Phi) is 12.8. The predicted molar refractivity (Wildman–Crippen MR) is 158 cm³/mol. The average molecular weight is 639 g/mol. The van der Waals surface area contributed by atoms with Gasteiger partial charge in [-0.3, -0.25) is 9.62 Å². The molecule has 15 heteroatoms. The number of pyridine rings is 1. The molecule has 2 aromatic carbocycles. The Morgan fingerprint density at radius 1 is 1.13 bits per heavy atom. The Hall–Kier alpha value is -2.72. The number of benzene rings is 2. The lowest BCUT2D eigenvalue weighted by molar-refractivity contribution is 0.0699. The van der Waals surface area contributed by atoms with Gasteiger partial charge in [-0.05, 0) is 42.5 Å². The summed E-state index contributed by atoms with van der Waals surface area (Å²) in [6, 6.07) is 12.3. The van der Waals surface area contributed by atoms with Crippen LogP contribution in [0, 0.1) is 11.3 Å². The first-order valence-electron chi connectivity index (χ1n) is 11.1. The molecule has 1 fully saturated rings. The van der Waals surface area contributed by atoms with Crippen LogP contribution in [0.5, 0.6) is 5.75 Å². The molecule has 1 aliphatic rings. The van der Waals surface area contributed by atoms with Crippen molar-refractivity contribution in [2.24, 2.45) is 0 Å². The summed E-state index contributed by atoms with van der Waals surface area (Å²) in [6.07, 6.45) is 0.467. The molecular formula is C24H27Cl4N5O5S. The molecule has 1 aromatic heterocycles. The highest BCUT2D eigenvalue weighted by Gasteiger charge is 2.22. The maximum absolute atomic E-state index is 12.9. The van der Waals surface area contributed by atoms with Crippen molar-refractivity contribution in [3.05, 3.63) is 53.1 Å². The van der Waals surface area contributed by atoms with E-state index < -0.39 is 16.0 Å². The summed E-state index contributed by atoms with van der Waals surface area (Å²) in [7, 11) is -2.56. The number of hydrogen-bond acceptors (Lipinski definition) is 8. The minimum atomic E-state index is -3.99. The smallest absolute Gasteiger partial charge is 0.336 e. The molecule has 0 aliphatic carbocycles. The highest BCUT2D eigenvalue weighted by molar-refractivity contribution is 7.92. The quantitative estimate of drug-likeness (QED) is 0.360. The zero-order chi connectivity index (χ0) is 25.9. The van der Waals surface area contributed by atoms with Gasteiger partial charge in [0.25, 0.3) is 10.0 Å². The van der Waals surface area contributed by atoms with Crippen molar-refractivity contribution in [3.8, 4) is 11.8 Å². The minimum Gasteiger partial charge on any atom is -0.495 e. The van der Waals surface area contributed by atoms with Crippen LogP contribution >= 0.6 is 48.8 Å². The standard InChI is InChI=1S/C24H24ClN5O5S.3ClH/c1-35-22-6-4-17(14-20(22)25)36(33,34)28-16-3-5-21-18(13-16)19(24(31)32)15-23(27-21)30-11-9-29(10-12-30)8-2-7-26;;;/h3-6,13-15,28H,2,8-12H2,1H3,(H,31,32);3*1H. The van der Waals surface area contributed by atoms with Gasteiger partial charge in [0.05, 0.1) is 34.2 Å². The number of halogens is 4. The van der Waals surface area contributed by atoms with E-state index >= 15 is 0 Å². The van der Waals surface area contributed by atoms with Crippen LogP contribution in [0.15, 0.2) is 47.4 Å². The molecule has 2 heterocycles. The normalized spacial score (nSPS) is 13.3. The van der Waals surface area contributed by atoms with E-state index in [0.29, 0.717) is 48.5 Å². The molecule has 39 heavy (non-hydrogen) atoms. The molecule has 0 radical (unpaired) electrons. The van der Waals surface area contributed by atoms with Crippen LogP contribution in [0.25, 0.3) is 10.9 Å². The average Bonchev–Trinajstić information content (AvgIpc) is 2.86. The zero-order valence-electron chi connectivity index (χ0n) is 20.7. The summed E-state index contributed by atoms with van der Waals surface area (Å²) in [4.78, 5) is 20.9. The Balaban J connectivity index is 0.00000253. The number of ether oxygens (including phenoxy) is 1. The number of aromatic nitrogens is 1. The second-order valence-electron chi connectivity index (χ2n) is 8.20. The van der Waals surface area contributed by atoms with Crippen molar-refractivity contribution in [2.75, 3.05) is 49.5 Å². The van der Waals surface area contributed by atoms with Gasteiger partial charge in [0.1, 0.15) is 11.6 Å². The van der Waals surface area contributed by atoms with Crippen molar-refractivity contribution >= 4 is 87.2 Å². The molecule has 0 spiro atoms. The minimum absolute atomic E-state index is 0. The Morgan fingerprint density at radius 2 is 1.82 bits per heavy atom. The van der Waals surface area contributed by atoms with Gasteiger partial charge in [0, 0.05) is 50.2 Å². The first kappa shape index (κ1) is 34.3. The van der Waals surface area contributed by atoms with E-state index in [2.05, 4.69) is 20.7 Å². The number of nitrogens with one attached hydrogen (secondary N) is 1. The molecule has 0 atom stereocenters. The summed E-state index contributed by atoms with van der Waals surface area (Å²) in [5.41, 5.74) is 0.653. The zero-order valence-corrected chi connectivity index (χ0v) is 24.7. The van der Waals surface area contributed by atoms with Gasteiger partial charge in [0.2, 0.25) is 0 Å². The van der Waals surface area contributed by atoms with E-state index in [-0.39, 0.29) is 58.4 Å². The van der Waals surface area contributed by atoms with Crippen LogP contribution in [0.2, 0.25) is 5.02 Å². The number of carbonyl (C=O) groups is 1. The van der Waals surface area contributed by atoms with Gasteiger partial charge >= 0.3 is 5.97 Å². The van der Waals surface area contributed by atoms with Gasteiger partial charge in [-0.2, -0.15) is 5.26 Å². The van der Waals surface area contributed by atoms with Crippen molar-refractivity contribution in [1.82, 2.24) is 9.88 Å². The molecule has 0 amide bonds. The molecule has 0 unspecified atom stereocenters. The first-order valence-corrected chi connectivity index (χ1v) is 13.0. The van der Waals surface area contributed by atoms with Gasteiger partial charge in [-0.25, -0.2) is 18.2 Å². The molecule has 2 N–H and O–H groups in total. The van der Waals surface area contributed by atoms with E-state index in [1.807, 2.05) is 4.90 Å². The number of fused-ring (bicyclic) bond motifs is 1. The molecule has 212 valence electrons. The second kappa shape index (κ2) is 14.6. The number of aromatic carboxylic acids is 1. The summed E-state index contributed by atoms with van der Waals surface area (Å²) in [5.74, 6) is -0.253. The van der Waals surface area contributed by atoms with Crippen molar-refractivity contribution < 1.29 is 23.1 Å². The molecular weight excluding hydrogens is 612 g/mol. The number of nitrogens with zero attached hydrogens (tertiary/aromatic N) is 4. The fraction of sp³-hybridized carbons (Fsp3) is 0.292. The third-order valence-electron chi connectivity index (χ3n) is 5.95. The molecule has 1 aliphatic heterocycles. The van der Waals surface area contributed by atoms with Crippen LogP contribution in [0.3, 0.4) is 0 Å². The largest absolute Gasteiger partial charge is 0.495 e. The van der Waals surface area contributed by atoms with Crippen LogP contribution in [-0.2, 0) is 10.0 Å². The van der Waals surface area contributed by atoms with E-state index in [9.17, 15) is 18.3 Å². The van der Waals surface area contributed by atoms with E-state index in [1.165, 1.54) is 43.5 Å². The van der Waals surface area contributed by atoms with E-state index in [1.54, 1.807) is 6.07 Å². The molecule has 3 aromatic rings. The SMILES string of the molecule is COc1ccc(S(=O)(=O)Nc2ccc3nc(N4CCN(CCC#N)CC4)cc(C(=O)O)c3c2)cc1Cl.Cl.Cl.Cl. The lowest BCUT2D eigenvalue weighted by atomic mass is 10.1. The van der Waals surface area contributed by atoms with Crippen LogP contribution in [-0.4, -0.2) is 69.2 Å². The Morgan fingerprint density at radius 3 is 2.41 bits per heavy atom. The number of rotatable bonds is 8. The maximum Gasteiger partial charge on any atom is 0.336 e. The summed E-state index contributed by atoms with van der Waals surface area (Å²) in [5, 5.41) is 19.1. The molecule has 4 rings (SSSR count).